The lowest BCUT2D eigenvalue weighted by atomic mass is 10.0. The highest BCUT2D eigenvalue weighted by Gasteiger charge is 2.34. The summed E-state index contributed by atoms with van der Waals surface area (Å²) in [6, 6.07) is 7.05. The van der Waals surface area contributed by atoms with Crippen LogP contribution in [0.5, 0.6) is 0 Å². The molecule has 1 aliphatic rings. The van der Waals surface area contributed by atoms with E-state index in [1.54, 1.807) is 25.3 Å². The van der Waals surface area contributed by atoms with E-state index in [0.29, 0.717) is 17.1 Å². The fourth-order valence-electron chi connectivity index (χ4n) is 1.94. The number of amides is 1. The first-order valence-electron chi connectivity index (χ1n) is 5.82. The number of rotatable bonds is 4. The Kier molecular flexibility index (Phi) is 4.54. The second-order valence-electron chi connectivity index (χ2n) is 4.35. The number of hydrogen-bond acceptors (Lipinski definition) is 3. The van der Waals surface area contributed by atoms with E-state index in [0.717, 1.165) is 17.9 Å². The van der Waals surface area contributed by atoms with E-state index < -0.39 is 0 Å². The van der Waals surface area contributed by atoms with E-state index in [-0.39, 0.29) is 11.5 Å². The van der Waals surface area contributed by atoms with E-state index >= 15 is 0 Å². The third kappa shape index (κ3) is 2.99. The first-order chi connectivity index (χ1) is 8.67. The second kappa shape index (κ2) is 5.95. The van der Waals surface area contributed by atoms with E-state index in [4.69, 9.17) is 16.3 Å². The molecule has 0 aliphatic carbocycles. The van der Waals surface area contributed by atoms with Crippen LogP contribution in [0.3, 0.4) is 0 Å². The Balaban J connectivity index is 1.98. The van der Waals surface area contributed by atoms with E-state index in [2.05, 4.69) is 5.32 Å². The first-order valence-corrected chi connectivity index (χ1v) is 7.36. The van der Waals surface area contributed by atoms with Crippen LogP contribution in [0.4, 0.5) is 0 Å². The third-order valence-electron chi connectivity index (χ3n) is 3.19. The lowest BCUT2D eigenvalue weighted by molar-refractivity contribution is 0.0137. The molecule has 0 unspecified atom stereocenters. The van der Waals surface area contributed by atoms with Crippen LogP contribution in [-0.4, -0.2) is 36.7 Å². The summed E-state index contributed by atoms with van der Waals surface area (Å²) in [5.74, 6) is 1.86. The number of thioether (sulfide) groups is 1. The SMILES string of the molecule is CO[C@]1(CNC(=O)c2ccccc2Cl)CCSC1. The maximum absolute atomic E-state index is 12.0. The van der Waals surface area contributed by atoms with E-state index in [9.17, 15) is 4.79 Å². The Bertz CT molecular complexity index is 433. The Morgan fingerprint density at radius 1 is 1.56 bits per heavy atom. The van der Waals surface area contributed by atoms with Crippen LogP contribution >= 0.6 is 23.4 Å². The summed E-state index contributed by atoms with van der Waals surface area (Å²) in [5, 5.41) is 3.39. The van der Waals surface area contributed by atoms with Gasteiger partial charge in [-0.1, -0.05) is 23.7 Å². The minimum Gasteiger partial charge on any atom is -0.376 e. The van der Waals surface area contributed by atoms with Gasteiger partial charge < -0.3 is 10.1 Å². The Hall–Kier alpha value is -0.710. The molecule has 1 N–H and O–H groups in total. The van der Waals surface area contributed by atoms with Crippen LogP contribution in [0.15, 0.2) is 24.3 Å². The fourth-order valence-corrected chi connectivity index (χ4v) is 3.56. The molecule has 1 heterocycles. The van der Waals surface area contributed by atoms with Crippen molar-refractivity contribution in [1.29, 1.82) is 0 Å². The number of carbonyl (C=O) groups is 1. The number of halogens is 1. The van der Waals surface area contributed by atoms with Gasteiger partial charge in [-0.05, 0) is 24.3 Å². The standard InChI is InChI=1S/C13H16ClNO2S/c1-17-13(6-7-18-9-13)8-15-12(16)10-4-2-3-5-11(10)14/h2-5H,6-9H2,1H3,(H,15,16)/t13-/m0/s1. The van der Waals surface area contributed by atoms with Gasteiger partial charge in [0.1, 0.15) is 0 Å². The second-order valence-corrected chi connectivity index (χ2v) is 5.86. The molecule has 1 aromatic carbocycles. The van der Waals surface area contributed by atoms with E-state index in [1.807, 2.05) is 17.8 Å². The molecule has 1 aliphatic heterocycles. The van der Waals surface area contributed by atoms with Crippen LogP contribution in [0.25, 0.3) is 0 Å². The number of ether oxygens (including phenoxy) is 1. The molecular formula is C13H16ClNO2S. The molecule has 1 amide bonds. The van der Waals surface area contributed by atoms with Crippen LogP contribution in [0.2, 0.25) is 5.02 Å². The highest BCUT2D eigenvalue weighted by Crippen LogP contribution is 2.30. The van der Waals surface area contributed by atoms with Gasteiger partial charge in [-0.3, -0.25) is 4.79 Å². The van der Waals surface area contributed by atoms with Crippen molar-refractivity contribution in [1.82, 2.24) is 5.32 Å². The van der Waals surface area contributed by atoms with Gasteiger partial charge in [0, 0.05) is 19.4 Å². The van der Waals surface area contributed by atoms with Crippen LogP contribution in [0, 0.1) is 0 Å². The number of carbonyl (C=O) groups excluding carboxylic acids is 1. The average molecular weight is 286 g/mol. The lowest BCUT2D eigenvalue weighted by Gasteiger charge is -2.26. The zero-order valence-corrected chi connectivity index (χ0v) is 11.8. The van der Waals surface area contributed by atoms with Crippen molar-refractivity contribution in [2.24, 2.45) is 0 Å². The molecule has 0 saturated carbocycles. The number of nitrogens with one attached hydrogen (secondary N) is 1. The summed E-state index contributed by atoms with van der Waals surface area (Å²) in [6.45, 7) is 0.528. The maximum Gasteiger partial charge on any atom is 0.252 e. The maximum atomic E-state index is 12.0. The average Bonchev–Trinajstić information content (AvgIpc) is 2.86. The van der Waals surface area contributed by atoms with E-state index in [1.165, 1.54) is 0 Å². The summed E-state index contributed by atoms with van der Waals surface area (Å²) in [5.41, 5.74) is 0.290. The molecule has 0 bridgehead atoms. The summed E-state index contributed by atoms with van der Waals surface area (Å²) in [7, 11) is 1.70. The highest BCUT2D eigenvalue weighted by molar-refractivity contribution is 7.99. The first kappa shape index (κ1) is 13.7. The molecule has 3 nitrogen and oxygen atoms in total. The number of methoxy groups -OCH3 is 1. The van der Waals surface area contributed by atoms with Crippen LogP contribution in [-0.2, 0) is 4.74 Å². The summed E-state index contributed by atoms with van der Waals surface area (Å²) in [6.07, 6.45) is 0.969. The Labute approximate surface area is 116 Å². The minimum atomic E-state index is -0.221. The van der Waals surface area contributed by atoms with Gasteiger partial charge in [0.15, 0.2) is 0 Å². The van der Waals surface area contributed by atoms with Gasteiger partial charge in [0.25, 0.3) is 5.91 Å². The molecule has 0 aromatic heterocycles. The van der Waals surface area contributed by atoms with Crippen molar-refractivity contribution < 1.29 is 9.53 Å². The molecule has 1 atom stereocenters. The molecule has 1 fully saturated rings. The predicted molar refractivity (Wildman–Crippen MR) is 75.5 cm³/mol. The zero-order chi connectivity index (χ0) is 13.0. The van der Waals surface area contributed by atoms with Gasteiger partial charge in [0.05, 0.1) is 16.2 Å². The smallest absolute Gasteiger partial charge is 0.252 e. The van der Waals surface area contributed by atoms with Gasteiger partial charge in [0.2, 0.25) is 0 Å². The van der Waals surface area contributed by atoms with Crippen molar-refractivity contribution in [3.63, 3.8) is 0 Å². The molecule has 18 heavy (non-hydrogen) atoms. The van der Waals surface area contributed by atoms with Crippen LogP contribution < -0.4 is 5.32 Å². The fraction of sp³-hybridized carbons (Fsp3) is 0.462. The molecule has 98 valence electrons. The van der Waals surface area contributed by atoms with Crippen molar-refractivity contribution in [3.05, 3.63) is 34.9 Å². The quantitative estimate of drug-likeness (QED) is 0.924. The monoisotopic (exact) mass is 285 g/mol. The Morgan fingerprint density at radius 3 is 2.94 bits per heavy atom. The minimum absolute atomic E-state index is 0.145. The molecule has 5 heteroatoms. The highest BCUT2D eigenvalue weighted by atomic mass is 35.5. The largest absolute Gasteiger partial charge is 0.376 e. The molecule has 0 radical (unpaired) electrons. The topological polar surface area (TPSA) is 38.3 Å². The van der Waals surface area contributed by atoms with Gasteiger partial charge in [-0.15, -0.1) is 0 Å². The van der Waals surface area contributed by atoms with Crippen LogP contribution in [0.1, 0.15) is 16.8 Å². The van der Waals surface area contributed by atoms with Crippen molar-refractivity contribution in [2.45, 2.75) is 12.0 Å². The number of benzene rings is 1. The molecular weight excluding hydrogens is 270 g/mol. The summed E-state index contributed by atoms with van der Waals surface area (Å²) >= 11 is 7.84. The predicted octanol–water partition coefficient (Wildman–Crippen LogP) is 2.59. The van der Waals surface area contributed by atoms with Gasteiger partial charge >= 0.3 is 0 Å². The molecule has 2 rings (SSSR count). The number of hydrogen-bond donors (Lipinski definition) is 1. The summed E-state index contributed by atoms with van der Waals surface area (Å²) in [4.78, 5) is 12.0. The zero-order valence-electron chi connectivity index (χ0n) is 10.2. The normalized spacial score (nSPS) is 23.0. The van der Waals surface area contributed by atoms with Crippen molar-refractivity contribution in [3.8, 4) is 0 Å². The Morgan fingerprint density at radius 2 is 2.33 bits per heavy atom. The molecule has 1 aromatic rings. The van der Waals surface area contributed by atoms with Gasteiger partial charge in [-0.2, -0.15) is 11.8 Å². The van der Waals surface area contributed by atoms with Crippen molar-refractivity contribution >= 4 is 29.3 Å². The molecule has 1 saturated heterocycles. The van der Waals surface area contributed by atoms with Gasteiger partial charge in [-0.25, -0.2) is 0 Å². The third-order valence-corrected chi connectivity index (χ3v) is 4.74. The lowest BCUT2D eigenvalue weighted by Crippen LogP contribution is -2.44. The molecule has 0 spiro atoms. The summed E-state index contributed by atoms with van der Waals surface area (Å²) < 4.78 is 5.55. The van der Waals surface area contributed by atoms with Crippen molar-refractivity contribution in [2.75, 3.05) is 25.2 Å².